The second-order valence-corrected chi connectivity index (χ2v) is 6.92. The van der Waals surface area contributed by atoms with Crippen LogP contribution in [0.25, 0.3) is 0 Å². The molecule has 1 saturated heterocycles. The molecule has 0 bridgehead atoms. The number of benzene rings is 2. The minimum absolute atomic E-state index is 0. The third-order valence-electron chi connectivity index (χ3n) is 5.18. The summed E-state index contributed by atoms with van der Waals surface area (Å²) in [4.78, 5) is 2.53. The van der Waals surface area contributed by atoms with E-state index in [0.717, 1.165) is 25.2 Å². The van der Waals surface area contributed by atoms with Gasteiger partial charge in [0, 0.05) is 24.7 Å². The number of nitrogens with one attached hydrogen (secondary N) is 1. The van der Waals surface area contributed by atoms with Crippen LogP contribution in [0.2, 0.25) is 0 Å². The van der Waals surface area contributed by atoms with Gasteiger partial charge in [0.2, 0.25) is 0 Å². The molecule has 0 radical (unpaired) electrons. The molecule has 1 N–H and O–H groups in total. The lowest BCUT2D eigenvalue weighted by Crippen LogP contribution is -2.37. The zero-order valence-corrected chi connectivity index (χ0v) is 18.7. The van der Waals surface area contributed by atoms with Gasteiger partial charge in [0.25, 0.3) is 0 Å². The second kappa shape index (κ2) is 12.9. The Morgan fingerprint density at radius 3 is 2.66 bits per heavy atom. The number of likely N-dealkylation sites (tertiary alicyclic amines) is 1. The SMILES string of the molecule is CCN1CCCC1CNCc1ccc(OCc2ccccc2F)c(OC)c1.Cl.Cl. The van der Waals surface area contributed by atoms with Gasteiger partial charge in [0.1, 0.15) is 12.4 Å². The van der Waals surface area contributed by atoms with E-state index >= 15 is 0 Å². The maximum absolute atomic E-state index is 13.7. The van der Waals surface area contributed by atoms with Crippen LogP contribution >= 0.6 is 24.8 Å². The molecule has 4 nitrogen and oxygen atoms in total. The molecule has 1 atom stereocenters. The highest BCUT2D eigenvalue weighted by atomic mass is 35.5. The van der Waals surface area contributed by atoms with Gasteiger partial charge in [0.05, 0.1) is 7.11 Å². The molecule has 1 unspecified atom stereocenters. The Labute approximate surface area is 185 Å². The minimum atomic E-state index is -0.259. The Balaban J connectivity index is 0.00000210. The number of likely N-dealkylation sites (N-methyl/N-ethyl adjacent to an activating group) is 1. The van der Waals surface area contributed by atoms with Crippen molar-refractivity contribution < 1.29 is 13.9 Å². The fourth-order valence-corrected chi connectivity index (χ4v) is 3.64. The van der Waals surface area contributed by atoms with Crippen LogP contribution < -0.4 is 14.8 Å². The Morgan fingerprint density at radius 1 is 1.14 bits per heavy atom. The van der Waals surface area contributed by atoms with E-state index < -0.39 is 0 Å². The largest absolute Gasteiger partial charge is 0.493 e. The summed E-state index contributed by atoms with van der Waals surface area (Å²) in [6, 6.07) is 13.2. The first kappa shape index (κ1) is 25.5. The van der Waals surface area contributed by atoms with E-state index in [0.29, 0.717) is 23.1 Å². The van der Waals surface area contributed by atoms with E-state index in [2.05, 4.69) is 17.1 Å². The highest BCUT2D eigenvalue weighted by Gasteiger charge is 2.22. The predicted octanol–water partition coefficient (Wildman–Crippen LogP) is 4.83. The van der Waals surface area contributed by atoms with Gasteiger partial charge in [0.15, 0.2) is 11.5 Å². The standard InChI is InChI=1S/C22H29FN2O2.2ClH/c1-3-25-12-6-8-19(25)15-24-14-17-10-11-21(22(13-17)26-2)27-16-18-7-4-5-9-20(18)23;;/h4-5,7,9-11,13,19,24H,3,6,8,12,14-16H2,1-2H3;2*1H. The van der Waals surface area contributed by atoms with Crippen molar-refractivity contribution in [1.29, 1.82) is 0 Å². The number of ether oxygens (including phenoxy) is 2. The van der Waals surface area contributed by atoms with Crippen molar-refractivity contribution in [1.82, 2.24) is 10.2 Å². The van der Waals surface area contributed by atoms with Crippen LogP contribution in [0.5, 0.6) is 11.5 Å². The van der Waals surface area contributed by atoms with E-state index in [9.17, 15) is 4.39 Å². The first-order valence-electron chi connectivity index (χ1n) is 9.69. The van der Waals surface area contributed by atoms with Crippen LogP contribution in [-0.2, 0) is 13.2 Å². The van der Waals surface area contributed by atoms with Gasteiger partial charge < -0.3 is 14.8 Å². The molecule has 1 heterocycles. The maximum Gasteiger partial charge on any atom is 0.161 e. The van der Waals surface area contributed by atoms with Crippen LogP contribution in [0.4, 0.5) is 4.39 Å². The fourth-order valence-electron chi connectivity index (χ4n) is 3.64. The number of hydrogen-bond donors (Lipinski definition) is 1. The fraction of sp³-hybridized carbons (Fsp3) is 0.455. The Morgan fingerprint density at radius 2 is 1.93 bits per heavy atom. The summed E-state index contributed by atoms with van der Waals surface area (Å²) in [5.41, 5.74) is 1.67. The molecule has 162 valence electrons. The molecule has 0 aromatic heterocycles. The van der Waals surface area contributed by atoms with Crippen molar-refractivity contribution in [2.75, 3.05) is 26.7 Å². The lowest BCUT2D eigenvalue weighted by atomic mass is 10.1. The van der Waals surface area contributed by atoms with E-state index in [1.165, 1.54) is 25.5 Å². The van der Waals surface area contributed by atoms with E-state index in [4.69, 9.17) is 9.47 Å². The van der Waals surface area contributed by atoms with Crippen molar-refractivity contribution in [3.8, 4) is 11.5 Å². The van der Waals surface area contributed by atoms with Crippen LogP contribution in [0.3, 0.4) is 0 Å². The molecule has 1 fully saturated rings. The van der Waals surface area contributed by atoms with Gasteiger partial charge in [-0.25, -0.2) is 4.39 Å². The van der Waals surface area contributed by atoms with E-state index in [1.54, 1.807) is 25.3 Å². The van der Waals surface area contributed by atoms with Crippen LogP contribution in [0.15, 0.2) is 42.5 Å². The molecule has 29 heavy (non-hydrogen) atoms. The normalized spacial score (nSPS) is 16.0. The van der Waals surface area contributed by atoms with Crippen LogP contribution in [-0.4, -0.2) is 37.7 Å². The number of halogens is 3. The summed E-state index contributed by atoms with van der Waals surface area (Å²) in [6.07, 6.45) is 2.56. The van der Waals surface area contributed by atoms with Crippen molar-refractivity contribution >= 4 is 24.8 Å². The van der Waals surface area contributed by atoms with Gasteiger partial charge >= 0.3 is 0 Å². The molecule has 1 aliphatic heterocycles. The number of methoxy groups -OCH3 is 1. The number of hydrogen-bond acceptors (Lipinski definition) is 4. The summed E-state index contributed by atoms with van der Waals surface area (Å²) < 4.78 is 25.0. The first-order valence-corrected chi connectivity index (χ1v) is 9.69. The molecule has 7 heteroatoms. The Hall–Kier alpha value is -1.53. The van der Waals surface area contributed by atoms with E-state index in [1.807, 2.05) is 18.2 Å². The summed E-state index contributed by atoms with van der Waals surface area (Å²) in [5, 5.41) is 3.56. The first-order chi connectivity index (χ1) is 13.2. The summed E-state index contributed by atoms with van der Waals surface area (Å²) in [6.45, 7) is 6.52. The molecule has 0 spiro atoms. The molecule has 0 amide bonds. The molecule has 2 aromatic carbocycles. The minimum Gasteiger partial charge on any atom is -0.493 e. The monoisotopic (exact) mass is 444 g/mol. The highest BCUT2D eigenvalue weighted by molar-refractivity contribution is 5.85. The van der Waals surface area contributed by atoms with Gasteiger partial charge in [-0.3, -0.25) is 4.90 Å². The third-order valence-corrected chi connectivity index (χ3v) is 5.18. The molecular weight excluding hydrogens is 414 g/mol. The second-order valence-electron chi connectivity index (χ2n) is 6.92. The van der Waals surface area contributed by atoms with Gasteiger partial charge in [-0.1, -0.05) is 31.2 Å². The quantitative estimate of drug-likeness (QED) is 0.600. The molecule has 2 aromatic rings. The topological polar surface area (TPSA) is 33.7 Å². The van der Waals surface area contributed by atoms with Gasteiger partial charge in [-0.15, -0.1) is 24.8 Å². The van der Waals surface area contributed by atoms with Crippen LogP contribution in [0, 0.1) is 5.82 Å². The van der Waals surface area contributed by atoms with Crippen molar-refractivity contribution in [3.05, 3.63) is 59.4 Å². The molecule has 0 saturated carbocycles. The Bertz CT molecular complexity index is 749. The number of nitrogens with zero attached hydrogens (tertiary/aromatic N) is 1. The lowest BCUT2D eigenvalue weighted by molar-refractivity contribution is 0.259. The highest BCUT2D eigenvalue weighted by Crippen LogP contribution is 2.29. The molecule has 0 aliphatic carbocycles. The number of rotatable bonds is 9. The molecule has 3 rings (SSSR count). The van der Waals surface area contributed by atoms with E-state index in [-0.39, 0.29) is 37.2 Å². The third kappa shape index (κ3) is 7.03. The average Bonchev–Trinajstić information content (AvgIpc) is 3.15. The Kier molecular flexibility index (Phi) is 11.4. The predicted molar refractivity (Wildman–Crippen MR) is 120 cm³/mol. The van der Waals surface area contributed by atoms with Crippen molar-refractivity contribution in [2.45, 2.75) is 39.0 Å². The summed E-state index contributed by atoms with van der Waals surface area (Å²) in [7, 11) is 1.63. The summed E-state index contributed by atoms with van der Waals surface area (Å²) >= 11 is 0. The smallest absolute Gasteiger partial charge is 0.161 e. The van der Waals surface area contributed by atoms with Gasteiger partial charge in [-0.05, 0) is 49.7 Å². The summed E-state index contributed by atoms with van der Waals surface area (Å²) in [5.74, 6) is 1.03. The average molecular weight is 445 g/mol. The molecule has 1 aliphatic rings. The lowest BCUT2D eigenvalue weighted by Gasteiger charge is -2.23. The van der Waals surface area contributed by atoms with Gasteiger partial charge in [-0.2, -0.15) is 0 Å². The van der Waals surface area contributed by atoms with Crippen molar-refractivity contribution in [3.63, 3.8) is 0 Å². The van der Waals surface area contributed by atoms with Crippen LogP contribution in [0.1, 0.15) is 30.9 Å². The molecular formula is C22H31Cl2FN2O2. The van der Waals surface area contributed by atoms with Crippen molar-refractivity contribution in [2.24, 2.45) is 0 Å². The zero-order chi connectivity index (χ0) is 19.1. The zero-order valence-electron chi connectivity index (χ0n) is 17.0. The maximum atomic E-state index is 13.7.